The number of carbonyl (C=O) groups excluding carboxylic acids is 1. The van der Waals surface area contributed by atoms with Crippen LogP contribution in [0.2, 0.25) is 0 Å². The highest BCUT2D eigenvalue weighted by atomic mass is 32.2. The lowest BCUT2D eigenvalue weighted by molar-refractivity contribution is -0.139. The third-order valence-electron chi connectivity index (χ3n) is 4.85. The molecule has 0 unspecified atom stereocenters. The van der Waals surface area contributed by atoms with Gasteiger partial charge in [0.2, 0.25) is 15.9 Å². The van der Waals surface area contributed by atoms with Crippen LogP contribution >= 0.6 is 0 Å². The first-order valence-electron chi connectivity index (χ1n) is 9.40. The number of hydrogen-bond acceptors (Lipinski definition) is 7. The van der Waals surface area contributed by atoms with Gasteiger partial charge in [0.25, 0.3) is 0 Å². The van der Waals surface area contributed by atoms with Crippen LogP contribution < -0.4 is 9.46 Å². The van der Waals surface area contributed by atoms with Crippen molar-refractivity contribution in [1.82, 2.24) is 9.62 Å². The van der Waals surface area contributed by atoms with E-state index in [0.717, 1.165) is 0 Å². The van der Waals surface area contributed by atoms with Gasteiger partial charge in [-0.1, -0.05) is 24.3 Å². The first-order valence-corrected chi connectivity index (χ1v) is 10.9. The molecule has 0 bridgehead atoms. The van der Waals surface area contributed by atoms with Gasteiger partial charge in [0.15, 0.2) is 0 Å². The minimum atomic E-state index is -3.91. The van der Waals surface area contributed by atoms with Crippen LogP contribution in [0.4, 0.5) is 0 Å². The summed E-state index contributed by atoms with van der Waals surface area (Å²) >= 11 is 0. The Kier molecular flexibility index (Phi) is 7.25. The molecule has 2 heterocycles. The monoisotopic (exact) mass is 426 g/mol. The summed E-state index contributed by atoms with van der Waals surface area (Å²) in [4.78, 5) is 14.1. The molecule has 0 aliphatic carbocycles. The molecule has 3 rings (SSSR count). The van der Waals surface area contributed by atoms with Crippen LogP contribution in [0.1, 0.15) is 6.42 Å². The van der Waals surface area contributed by atoms with Crippen LogP contribution in [0.3, 0.4) is 0 Å². The smallest absolute Gasteiger partial charge is 0.244 e. The Bertz CT molecular complexity index is 837. The SMILES string of the molecule is COc1ccccc1S(=O)(=O)N[C@@H]1C=C[C@@H](CC(=O)N2CCOCC2)O[C@@H]1CO. The Morgan fingerprint density at radius 3 is 2.69 bits per heavy atom. The molecule has 0 spiro atoms. The fourth-order valence-electron chi connectivity index (χ4n) is 3.31. The van der Waals surface area contributed by atoms with Crippen molar-refractivity contribution in [2.45, 2.75) is 29.6 Å². The van der Waals surface area contributed by atoms with Gasteiger partial charge < -0.3 is 24.2 Å². The van der Waals surface area contributed by atoms with Crippen molar-refractivity contribution in [3.8, 4) is 5.75 Å². The molecule has 1 saturated heterocycles. The Morgan fingerprint density at radius 2 is 2.00 bits per heavy atom. The van der Waals surface area contributed by atoms with Crippen LogP contribution in [0, 0.1) is 0 Å². The lowest BCUT2D eigenvalue weighted by Crippen LogP contribution is -2.49. The van der Waals surface area contributed by atoms with Crippen molar-refractivity contribution in [3.05, 3.63) is 36.4 Å². The molecule has 9 nitrogen and oxygen atoms in total. The first-order chi connectivity index (χ1) is 13.9. The predicted molar refractivity (Wildman–Crippen MR) is 104 cm³/mol. The molecule has 2 aliphatic rings. The normalized spacial score (nSPS) is 25.0. The molecule has 3 atom stereocenters. The van der Waals surface area contributed by atoms with E-state index in [-0.39, 0.29) is 23.0 Å². The minimum Gasteiger partial charge on any atom is -0.495 e. The molecular weight excluding hydrogens is 400 g/mol. The Labute approximate surface area is 170 Å². The van der Waals surface area contributed by atoms with E-state index in [2.05, 4.69) is 4.72 Å². The van der Waals surface area contributed by atoms with E-state index in [1.165, 1.54) is 13.2 Å². The molecule has 0 radical (unpaired) electrons. The standard InChI is InChI=1S/C19H26N2O7S/c1-26-16-4-2-3-5-18(16)29(24,25)20-15-7-6-14(28-17(15)13-22)12-19(23)21-8-10-27-11-9-21/h2-7,14-15,17,20,22H,8-13H2,1H3/t14-,15+,17+/m0/s1. The summed E-state index contributed by atoms with van der Waals surface area (Å²) in [6.45, 7) is 1.71. The average molecular weight is 426 g/mol. The van der Waals surface area contributed by atoms with Crippen LogP contribution in [-0.4, -0.2) is 82.6 Å². The molecule has 1 aromatic carbocycles. The number of aliphatic hydroxyl groups excluding tert-OH is 1. The van der Waals surface area contributed by atoms with E-state index in [1.54, 1.807) is 35.3 Å². The van der Waals surface area contributed by atoms with Gasteiger partial charge in [0.05, 0.1) is 45.5 Å². The van der Waals surface area contributed by atoms with Gasteiger partial charge in [-0.2, -0.15) is 0 Å². The van der Waals surface area contributed by atoms with Crippen molar-refractivity contribution in [2.75, 3.05) is 40.0 Å². The lowest BCUT2D eigenvalue weighted by atomic mass is 10.1. The first kappa shape index (κ1) is 21.7. The fraction of sp³-hybridized carbons (Fsp3) is 0.526. The summed E-state index contributed by atoms with van der Waals surface area (Å²) in [5, 5.41) is 9.70. The number of para-hydroxylation sites is 1. The fourth-order valence-corrected chi connectivity index (χ4v) is 4.70. The number of morpholine rings is 1. The van der Waals surface area contributed by atoms with Crippen molar-refractivity contribution >= 4 is 15.9 Å². The van der Waals surface area contributed by atoms with Crippen LogP contribution in [0.25, 0.3) is 0 Å². The predicted octanol–water partition coefficient (Wildman–Crippen LogP) is -0.0931. The van der Waals surface area contributed by atoms with E-state index in [9.17, 15) is 18.3 Å². The van der Waals surface area contributed by atoms with Crippen LogP contribution in [0.15, 0.2) is 41.3 Å². The zero-order valence-electron chi connectivity index (χ0n) is 16.2. The number of rotatable bonds is 7. The largest absolute Gasteiger partial charge is 0.495 e. The summed E-state index contributed by atoms with van der Waals surface area (Å²) in [7, 11) is -2.52. The number of amides is 1. The summed E-state index contributed by atoms with van der Waals surface area (Å²) in [6, 6.07) is 5.49. The maximum atomic E-state index is 12.8. The number of ether oxygens (including phenoxy) is 3. The molecule has 0 saturated carbocycles. The number of nitrogens with one attached hydrogen (secondary N) is 1. The van der Waals surface area contributed by atoms with E-state index in [4.69, 9.17) is 14.2 Å². The molecule has 10 heteroatoms. The topological polar surface area (TPSA) is 114 Å². The molecule has 2 N–H and O–H groups in total. The average Bonchev–Trinajstić information content (AvgIpc) is 2.75. The summed E-state index contributed by atoms with van der Waals surface area (Å²) < 4.78 is 44.2. The van der Waals surface area contributed by atoms with E-state index < -0.39 is 34.9 Å². The molecule has 0 aromatic heterocycles. The Morgan fingerprint density at radius 1 is 1.28 bits per heavy atom. The van der Waals surface area contributed by atoms with Gasteiger partial charge in [-0.05, 0) is 12.1 Å². The van der Waals surface area contributed by atoms with Gasteiger partial charge in [-0.15, -0.1) is 0 Å². The highest BCUT2D eigenvalue weighted by molar-refractivity contribution is 7.89. The van der Waals surface area contributed by atoms with E-state index in [0.29, 0.717) is 26.3 Å². The molecule has 1 fully saturated rings. The second-order valence-electron chi connectivity index (χ2n) is 6.78. The lowest BCUT2D eigenvalue weighted by Gasteiger charge is -2.33. The zero-order valence-corrected chi connectivity index (χ0v) is 17.0. The van der Waals surface area contributed by atoms with Gasteiger partial charge in [0.1, 0.15) is 16.7 Å². The minimum absolute atomic E-state index is 0.00258. The van der Waals surface area contributed by atoms with Crippen molar-refractivity contribution in [1.29, 1.82) is 0 Å². The number of carbonyl (C=O) groups is 1. The van der Waals surface area contributed by atoms with Gasteiger partial charge >= 0.3 is 0 Å². The van der Waals surface area contributed by atoms with Gasteiger partial charge in [0, 0.05) is 13.1 Å². The summed E-state index contributed by atoms with van der Waals surface area (Å²) in [6.07, 6.45) is 2.05. The molecular formula is C19H26N2O7S. The highest BCUT2D eigenvalue weighted by Gasteiger charge is 2.33. The van der Waals surface area contributed by atoms with E-state index >= 15 is 0 Å². The summed E-state index contributed by atoms with van der Waals surface area (Å²) in [5.41, 5.74) is 0. The van der Waals surface area contributed by atoms with Gasteiger partial charge in [-0.3, -0.25) is 4.79 Å². The number of nitrogens with zero attached hydrogens (tertiary/aromatic N) is 1. The molecule has 1 aromatic rings. The Balaban J connectivity index is 1.67. The number of hydrogen-bond donors (Lipinski definition) is 2. The van der Waals surface area contributed by atoms with Crippen LogP contribution in [0.5, 0.6) is 5.75 Å². The number of aliphatic hydroxyl groups is 1. The number of benzene rings is 1. The van der Waals surface area contributed by atoms with Crippen molar-refractivity contribution in [3.63, 3.8) is 0 Å². The third-order valence-corrected chi connectivity index (χ3v) is 6.35. The Hall–Kier alpha value is -1.98. The van der Waals surface area contributed by atoms with E-state index in [1.807, 2.05) is 0 Å². The van der Waals surface area contributed by atoms with Crippen molar-refractivity contribution < 1.29 is 32.5 Å². The summed E-state index contributed by atoms with van der Waals surface area (Å²) in [5.74, 6) is 0.155. The second-order valence-corrected chi connectivity index (χ2v) is 8.46. The maximum absolute atomic E-state index is 12.8. The maximum Gasteiger partial charge on any atom is 0.244 e. The van der Waals surface area contributed by atoms with Crippen molar-refractivity contribution in [2.24, 2.45) is 0 Å². The van der Waals surface area contributed by atoms with Crippen LogP contribution in [-0.2, 0) is 24.3 Å². The number of sulfonamides is 1. The van der Waals surface area contributed by atoms with Gasteiger partial charge in [-0.25, -0.2) is 13.1 Å². The highest BCUT2D eigenvalue weighted by Crippen LogP contribution is 2.24. The third kappa shape index (κ3) is 5.34. The number of methoxy groups -OCH3 is 1. The second kappa shape index (κ2) is 9.68. The molecule has 29 heavy (non-hydrogen) atoms. The molecule has 160 valence electrons. The molecule has 1 amide bonds. The zero-order chi connectivity index (χ0) is 20.9. The molecule has 2 aliphatic heterocycles. The quantitative estimate of drug-likeness (QED) is 0.586.